The summed E-state index contributed by atoms with van der Waals surface area (Å²) in [5.41, 5.74) is 0.955. The Labute approximate surface area is 136 Å². The predicted octanol–water partition coefficient (Wildman–Crippen LogP) is 1.98. The third-order valence-corrected chi connectivity index (χ3v) is 4.79. The van der Waals surface area contributed by atoms with Crippen LogP contribution in [0.5, 0.6) is 0 Å². The van der Waals surface area contributed by atoms with Crippen LogP contribution in [0.15, 0.2) is 24.3 Å². The topological polar surface area (TPSA) is 78.5 Å². The second kappa shape index (κ2) is 8.36. The van der Waals surface area contributed by atoms with Crippen molar-refractivity contribution < 1.29 is 13.2 Å². The molecule has 1 rings (SSSR count). The lowest BCUT2D eigenvalue weighted by atomic mass is 10.1. The van der Waals surface area contributed by atoms with Gasteiger partial charge in [-0.15, -0.1) is 0 Å². The van der Waals surface area contributed by atoms with Crippen molar-refractivity contribution in [2.45, 2.75) is 19.4 Å². The summed E-state index contributed by atoms with van der Waals surface area (Å²) in [7, 11) is -1.66. The highest BCUT2D eigenvalue weighted by Gasteiger charge is 2.11. The summed E-state index contributed by atoms with van der Waals surface area (Å²) in [6.07, 6.45) is 1.70. The van der Waals surface area contributed by atoms with Crippen molar-refractivity contribution in [2.24, 2.45) is 0 Å². The first-order chi connectivity index (χ1) is 10.2. The molecule has 124 valence electrons. The van der Waals surface area contributed by atoms with Crippen molar-refractivity contribution in [1.82, 2.24) is 14.9 Å². The van der Waals surface area contributed by atoms with Crippen LogP contribution in [0.1, 0.15) is 24.9 Å². The number of benzene rings is 1. The first kappa shape index (κ1) is 18.7. The molecule has 8 heteroatoms. The molecule has 0 radical (unpaired) electrons. The standard InChI is InChI=1S/C14H22ClN3O3S/c1-11(12-5-7-13(15)8-6-12)17-14(19)16-9-4-10-18(2)22(3,20)21/h5-8,11H,4,9-10H2,1-3H3,(H2,16,17,19)/t11-/m0/s1. The highest BCUT2D eigenvalue weighted by Crippen LogP contribution is 2.15. The summed E-state index contributed by atoms with van der Waals surface area (Å²) in [5.74, 6) is 0. The molecule has 0 saturated carbocycles. The fraction of sp³-hybridized carbons (Fsp3) is 0.500. The summed E-state index contributed by atoms with van der Waals surface area (Å²) in [6.45, 7) is 2.64. The zero-order valence-corrected chi connectivity index (χ0v) is 14.5. The normalized spacial score (nSPS) is 13.0. The van der Waals surface area contributed by atoms with E-state index in [9.17, 15) is 13.2 Å². The average molecular weight is 348 g/mol. The van der Waals surface area contributed by atoms with Gasteiger partial charge >= 0.3 is 6.03 Å². The van der Waals surface area contributed by atoms with Gasteiger partial charge in [0, 0.05) is 25.2 Å². The fourth-order valence-electron chi connectivity index (χ4n) is 1.75. The number of carbonyl (C=O) groups is 1. The maximum absolute atomic E-state index is 11.8. The predicted molar refractivity (Wildman–Crippen MR) is 88.5 cm³/mol. The molecule has 0 aliphatic carbocycles. The van der Waals surface area contributed by atoms with Crippen LogP contribution in [0, 0.1) is 0 Å². The van der Waals surface area contributed by atoms with E-state index < -0.39 is 10.0 Å². The third-order valence-electron chi connectivity index (χ3n) is 3.22. The van der Waals surface area contributed by atoms with Crippen molar-refractivity contribution in [3.63, 3.8) is 0 Å². The molecule has 2 N–H and O–H groups in total. The smallest absolute Gasteiger partial charge is 0.315 e. The van der Waals surface area contributed by atoms with Crippen molar-refractivity contribution in [3.8, 4) is 0 Å². The number of sulfonamides is 1. The van der Waals surface area contributed by atoms with E-state index in [2.05, 4.69) is 10.6 Å². The van der Waals surface area contributed by atoms with Gasteiger partial charge in [0.1, 0.15) is 0 Å². The molecule has 0 heterocycles. The van der Waals surface area contributed by atoms with Crippen LogP contribution < -0.4 is 10.6 Å². The summed E-state index contributed by atoms with van der Waals surface area (Å²) < 4.78 is 23.7. The Kier molecular flexibility index (Phi) is 7.12. The van der Waals surface area contributed by atoms with Crippen molar-refractivity contribution in [3.05, 3.63) is 34.9 Å². The van der Waals surface area contributed by atoms with Crippen LogP contribution in [-0.4, -0.2) is 45.1 Å². The van der Waals surface area contributed by atoms with Gasteiger partial charge in [-0.05, 0) is 31.0 Å². The zero-order valence-electron chi connectivity index (χ0n) is 13.0. The number of nitrogens with zero attached hydrogens (tertiary/aromatic N) is 1. The van der Waals surface area contributed by atoms with Gasteiger partial charge in [0.2, 0.25) is 10.0 Å². The first-order valence-electron chi connectivity index (χ1n) is 6.91. The second-order valence-electron chi connectivity index (χ2n) is 5.11. The van der Waals surface area contributed by atoms with E-state index in [1.54, 1.807) is 12.1 Å². The Morgan fingerprint density at radius 2 is 1.91 bits per heavy atom. The maximum Gasteiger partial charge on any atom is 0.315 e. The number of hydrogen-bond donors (Lipinski definition) is 2. The SMILES string of the molecule is C[C@H](NC(=O)NCCCN(C)S(C)(=O)=O)c1ccc(Cl)cc1. The van der Waals surface area contributed by atoms with Gasteiger partial charge in [-0.1, -0.05) is 23.7 Å². The third kappa shape index (κ3) is 6.64. The number of rotatable bonds is 7. The molecule has 0 aromatic heterocycles. The van der Waals surface area contributed by atoms with Gasteiger partial charge < -0.3 is 10.6 Å². The Hall–Kier alpha value is -1.31. The molecular weight excluding hydrogens is 326 g/mol. The monoisotopic (exact) mass is 347 g/mol. The number of carbonyl (C=O) groups excluding carboxylic acids is 1. The molecular formula is C14H22ClN3O3S. The number of halogens is 1. The van der Waals surface area contributed by atoms with Crippen molar-refractivity contribution in [2.75, 3.05) is 26.4 Å². The van der Waals surface area contributed by atoms with Gasteiger partial charge in [0.25, 0.3) is 0 Å². The van der Waals surface area contributed by atoms with Crippen LogP contribution in [0.2, 0.25) is 5.02 Å². The first-order valence-corrected chi connectivity index (χ1v) is 9.14. The highest BCUT2D eigenvalue weighted by molar-refractivity contribution is 7.88. The van der Waals surface area contributed by atoms with E-state index in [4.69, 9.17) is 11.6 Å². The van der Waals surface area contributed by atoms with Gasteiger partial charge in [0.05, 0.1) is 12.3 Å². The molecule has 0 unspecified atom stereocenters. The maximum atomic E-state index is 11.8. The Balaban J connectivity index is 2.30. The van der Waals surface area contributed by atoms with Crippen LogP contribution in [0.3, 0.4) is 0 Å². The van der Waals surface area contributed by atoms with Gasteiger partial charge in [-0.3, -0.25) is 0 Å². The minimum atomic E-state index is -3.17. The zero-order chi connectivity index (χ0) is 16.8. The Morgan fingerprint density at radius 3 is 2.45 bits per heavy atom. The van der Waals surface area contributed by atoms with Gasteiger partial charge in [-0.2, -0.15) is 0 Å². The van der Waals surface area contributed by atoms with E-state index in [1.807, 2.05) is 19.1 Å². The lowest BCUT2D eigenvalue weighted by Gasteiger charge is -2.16. The van der Waals surface area contributed by atoms with E-state index in [0.717, 1.165) is 11.8 Å². The van der Waals surface area contributed by atoms with Crippen molar-refractivity contribution in [1.29, 1.82) is 0 Å². The molecule has 0 aliphatic rings. The van der Waals surface area contributed by atoms with E-state index in [-0.39, 0.29) is 12.1 Å². The van der Waals surface area contributed by atoms with Crippen LogP contribution in [0.4, 0.5) is 4.79 Å². The molecule has 1 aromatic carbocycles. The average Bonchev–Trinajstić information content (AvgIpc) is 2.42. The molecule has 0 aliphatic heterocycles. The number of amides is 2. The molecule has 2 amide bonds. The summed E-state index contributed by atoms with van der Waals surface area (Å²) in [5, 5.41) is 6.16. The molecule has 0 saturated heterocycles. The molecule has 6 nitrogen and oxygen atoms in total. The van der Waals surface area contributed by atoms with E-state index in [1.165, 1.54) is 11.4 Å². The lowest BCUT2D eigenvalue weighted by molar-refractivity contribution is 0.237. The molecule has 0 bridgehead atoms. The minimum absolute atomic E-state index is 0.143. The van der Waals surface area contributed by atoms with E-state index in [0.29, 0.717) is 24.5 Å². The quantitative estimate of drug-likeness (QED) is 0.740. The van der Waals surface area contributed by atoms with Crippen molar-refractivity contribution >= 4 is 27.7 Å². The van der Waals surface area contributed by atoms with E-state index >= 15 is 0 Å². The minimum Gasteiger partial charge on any atom is -0.338 e. The molecule has 0 fully saturated rings. The number of nitrogens with one attached hydrogen (secondary N) is 2. The number of hydrogen-bond acceptors (Lipinski definition) is 3. The summed E-state index contributed by atoms with van der Waals surface area (Å²) >= 11 is 5.82. The molecule has 1 aromatic rings. The molecule has 1 atom stereocenters. The van der Waals surface area contributed by atoms with Crippen LogP contribution >= 0.6 is 11.6 Å². The highest BCUT2D eigenvalue weighted by atomic mass is 35.5. The fourth-order valence-corrected chi connectivity index (χ4v) is 2.34. The summed E-state index contributed by atoms with van der Waals surface area (Å²) in [4.78, 5) is 11.8. The van der Waals surface area contributed by atoms with Crippen LogP contribution in [0.25, 0.3) is 0 Å². The lowest BCUT2D eigenvalue weighted by Crippen LogP contribution is -2.38. The van der Waals surface area contributed by atoms with Gasteiger partial charge in [-0.25, -0.2) is 17.5 Å². The Bertz CT molecular complexity index is 590. The second-order valence-corrected chi connectivity index (χ2v) is 7.64. The number of urea groups is 1. The molecule has 0 spiro atoms. The Morgan fingerprint density at radius 1 is 1.32 bits per heavy atom. The van der Waals surface area contributed by atoms with Gasteiger partial charge in [0.15, 0.2) is 0 Å². The molecule has 22 heavy (non-hydrogen) atoms. The summed E-state index contributed by atoms with van der Waals surface area (Å²) in [6, 6.07) is 6.82. The van der Waals surface area contributed by atoms with Crippen LogP contribution in [-0.2, 0) is 10.0 Å². The largest absolute Gasteiger partial charge is 0.338 e.